The van der Waals surface area contributed by atoms with E-state index in [2.05, 4.69) is 15.9 Å². The largest absolute Gasteiger partial charge is 0.294 e. The fourth-order valence-corrected chi connectivity index (χ4v) is 3.25. The monoisotopic (exact) mass is 368 g/mol. The van der Waals surface area contributed by atoms with Crippen molar-refractivity contribution in [2.24, 2.45) is 0 Å². The number of hydrogen-bond donors (Lipinski definition) is 0. The van der Waals surface area contributed by atoms with E-state index < -0.39 is 16.6 Å². The molecule has 0 aliphatic heterocycles. The maximum absolute atomic E-state index is 13.0. The van der Waals surface area contributed by atoms with Gasteiger partial charge in [-0.3, -0.25) is 9.00 Å². The lowest BCUT2D eigenvalue weighted by atomic mass is 10.1. The van der Waals surface area contributed by atoms with Crippen LogP contribution in [0.2, 0.25) is 0 Å². The normalized spacial score (nSPS) is 12.1. The maximum Gasteiger partial charge on any atom is 0.162 e. The molecular weight excluding hydrogens is 355 g/mol. The molecule has 0 amide bonds. The summed E-state index contributed by atoms with van der Waals surface area (Å²) in [5, 5.41) is 0. The fourth-order valence-electron chi connectivity index (χ4n) is 1.87. The van der Waals surface area contributed by atoms with Crippen LogP contribution in [0.1, 0.15) is 23.2 Å². The number of halogens is 2. The van der Waals surface area contributed by atoms with Crippen molar-refractivity contribution in [1.29, 1.82) is 0 Å². The molecule has 2 aromatic rings. The summed E-state index contributed by atoms with van der Waals surface area (Å²) in [6.45, 7) is 0. The van der Waals surface area contributed by atoms with Gasteiger partial charge in [0.15, 0.2) is 5.78 Å². The molecule has 0 N–H and O–H groups in total. The number of rotatable bonds is 6. The molecule has 0 heterocycles. The van der Waals surface area contributed by atoms with Gasteiger partial charge in [-0.25, -0.2) is 4.39 Å². The van der Waals surface area contributed by atoms with Crippen molar-refractivity contribution in [2.45, 2.75) is 17.7 Å². The van der Waals surface area contributed by atoms with Gasteiger partial charge in [-0.15, -0.1) is 0 Å². The standard InChI is InChI=1S/C16H14BrFO2S/c17-13-8-6-12(7-9-13)16(19)5-2-10-21(20)15-4-1-3-14(18)11-15/h1,3-4,6-9,11H,2,5,10H2. The Balaban J connectivity index is 1.85. The molecule has 0 aliphatic rings. The fraction of sp³-hybridized carbons (Fsp3) is 0.188. The third-order valence-electron chi connectivity index (χ3n) is 2.96. The number of carbonyl (C=O) groups excluding carboxylic acids is 1. The van der Waals surface area contributed by atoms with Crippen molar-refractivity contribution < 1.29 is 13.4 Å². The van der Waals surface area contributed by atoms with Crippen LogP contribution in [0.5, 0.6) is 0 Å². The molecule has 0 aliphatic carbocycles. The lowest BCUT2D eigenvalue weighted by Gasteiger charge is -2.03. The molecule has 0 spiro atoms. The second-order valence-corrected chi connectivity index (χ2v) is 7.03. The lowest BCUT2D eigenvalue weighted by Crippen LogP contribution is -2.04. The number of Topliss-reactive ketones (excluding diaryl/α,β-unsaturated/α-hetero) is 1. The van der Waals surface area contributed by atoms with Gasteiger partial charge in [0.25, 0.3) is 0 Å². The third-order valence-corrected chi connectivity index (χ3v) is 4.93. The van der Waals surface area contributed by atoms with Crippen molar-refractivity contribution in [3.8, 4) is 0 Å². The Bertz CT molecular complexity index is 656. The summed E-state index contributed by atoms with van der Waals surface area (Å²) in [6.07, 6.45) is 0.848. The van der Waals surface area contributed by atoms with E-state index in [4.69, 9.17) is 0 Å². The highest BCUT2D eigenvalue weighted by atomic mass is 79.9. The van der Waals surface area contributed by atoms with Gasteiger partial charge in [0.05, 0.1) is 10.8 Å². The Morgan fingerprint density at radius 1 is 1.14 bits per heavy atom. The Hall–Kier alpha value is -1.33. The summed E-state index contributed by atoms with van der Waals surface area (Å²) in [5.41, 5.74) is 0.648. The first-order valence-electron chi connectivity index (χ1n) is 6.49. The van der Waals surface area contributed by atoms with E-state index in [0.29, 0.717) is 29.1 Å². The molecule has 1 atom stereocenters. The number of ketones is 1. The van der Waals surface area contributed by atoms with Crippen LogP contribution in [0.3, 0.4) is 0 Å². The number of benzene rings is 2. The van der Waals surface area contributed by atoms with Crippen LogP contribution in [-0.2, 0) is 10.8 Å². The smallest absolute Gasteiger partial charge is 0.162 e. The zero-order valence-corrected chi connectivity index (χ0v) is 13.6. The van der Waals surface area contributed by atoms with Crippen LogP contribution in [0.15, 0.2) is 57.9 Å². The highest BCUT2D eigenvalue weighted by molar-refractivity contribution is 9.10. The molecule has 0 saturated heterocycles. The van der Waals surface area contributed by atoms with Crippen LogP contribution in [0.25, 0.3) is 0 Å². The van der Waals surface area contributed by atoms with E-state index in [1.165, 1.54) is 18.2 Å². The molecule has 5 heteroatoms. The lowest BCUT2D eigenvalue weighted by molar-refractivity contribution is 0.0982. The van der Waals surface area contributed by atoms with Crippen LogP contribution >= 0.6 is 15.9 Å². The van der Waals surface area contributed by atoms with Gasteiger partial charge in [-0.1, -0.05) is 34.1 Å². The Labute approximate surface area is 134 Å². The third kappa shape index (κ3) is 4.86. The van der Waals surface area contributed by atoms with Gasteiger partial charge in [0.1, 0.15) is 5.82 Å². The van der Waals surface area contributed by atoms with Crippen LogP contribution in [0.4, 0.5) is 4.39 Å². The summed E-state index contributed by atoms with van der Waals surface area (Å²) in [4.78, 5) is 12.4. The highest BCUT2D eigenvalue weighted by Gasteiger charge is 2.09. The molecular formula is C16H14BrFO2S. The minimum absolute atomic E-state index is 0.0266. The second kappa shape index (κ2) is 7.61. The van der Waals surface area contributed by atoms with Gasteiger partial charge in [-0.2, -0.15) is 0 Å². The van der Waals surface area contributed by atoms with Crippen molar-refractivity contribution in [3.63, 3.8) is 0 Å². The van der Waals surface area contributed by atoms with Crippen molar-refractivity contribution >= 4 is 32.5 Å². The van der Waals surface area contributed by atoms with Gasteiger partial charge < -0.3 is 0 Å². The Morgan fingerprint density at radius 2 is 1.86 bits per heavy atom. The predicted octanol–water partition coefficient (Wildman–Crippen LogP) is 4.36. The maximum atomic E-state index is 13.0. The molecule has 2 nitrogen and oxygen atoms in total. The summed E-state index contributed by atoms with van der Waals surface area (Å²) < 4.78 is 25.9. The zero-order valence-electron chi connectivity index (χ0n) is 11.2. The number of carbonyl (C=O) groups is 1. The molecule has 21 heavy (non-hydrogen) atoms. The predicted molar refractivity (Wildman–Crippen MR) is 85.4 cm³/mol. The summed E-state index contributed by atoms with van der Waals surface area (Å²) >= 11 is 3.32. The average Bonchev–Trinajstić information content (AvgIpc) is 2.47. The van der Waals surface area contributed by atoms with Crippen molar-refractivity contribution in [3.05, 3.63) is 64.4 Å². The first-order chi connectivity index (χ1) is 10.1. The topological polar surface area (TPSA) is 34.1 Å². The van der Waals surface area contributed by atoms with E-state index >= 15 is 0 Å². The Kier molecular flexibility index (Phi) is 5.82. The van der Waals surface area contributed by atoms with Gasteiger partial charge >= 0.3 is 0 Å². The van der Waals surface area contributed by atoms with Gasteiger partial charge in [-0.05, 0) is 36.8 Å². The van der Waals surface area contributed by atoms with Gasteiger partial charge in [0.2, 0.25) is 0 Å². The zero-order chi connectivity index (χ0) is 15.2. The molecule has 110 valence electrons. The van der Waals surface area contributed by atoms with Crippen molar-refractivity contribution in [2.75, 3.05) is 5.75 Å². The second-order valence-electron chi connectivity index (χ2n) is 4.54. The van der Waals surface area contributed by atoms with Crippen LogP contribution in [0, 0.1) is 5.82 Å². The summed E-state index contributed by atoms with van der Waals surface area (Å²) in [6, 6.07) is 12.9. The summed E-state index contributed by atoms with van der Waals surface area (Å²) in [5.74, 6) is -0.0170. The molecule has 2 aromatic carbocycles. The van der Waals surface area contributed by atoms with Crippen molar-refractivity contribution in [1.82, 2.24) is 0 Å². The van der Waals surface area contributed by atoms with E-state index in [1.807, 2.05) is 12.1 Å². The quantitative estimate of drug-likeness (QED) is 0.709. The molecule has 0 bridgehead atoms. The molecule has 0 aromatic heterocycles. The van der Waals surface area contributed by atoms with Crippen LogP contribution in [-0.4, -0.2) is 15.7 Å². The molecule has 2 rings (SSSR count). The first-order valence-corrected chi connectivity index (χ1v) is 8.60. The van der Waals surface area contributed by atoms with Crippen LogP contribution < -0.4 is 0 Å². The first kappa shape index (κ1) is 16.0. The van der Waals surface area contributed by atoms with E-state index in [0.717, 1.165) is 4.47 Å². The molecule has 0 radical (unpaired) electrons. The van der Waals surface area contributed by atoms with E-state index in [9.17, 15) is 13.4 Å². The Morgan fingerprint density at radius 3 is 2.52 bits per heavy atom. The average molecular weight is 369 g/mol. The molecule has 0 saturated carbocycles. The van der Waals surface area contributed by atoms with E-state index in [1.54, 1.807) is 18.2 Å². The van der Waals surface area contributed by atoms with E-state index in [-0.39, 0.29) is 5.78 Å². The van der Waals surface area contributed by atoms with Gasteiger partial charge in [0, 0.05) is 27.1 Å². The number of hydrogen-bond acceptors (Lipinski definition) is 2. The minimum atomic E-state index is -1.27. The molecule has 1 unspecified atom stereocenters. The SMILES string of the molecule is O=C(CCCS(=O)c1cccc(F)c1)c1ccc(Br)cc1. The minimum Gasteiger partial charge on any atom is -0.294 e. The summed E-state index contributed by atoms with van der Waals surface area (Å²) in [7, 11) is -1.27. The highest BCUT2D eigenvalue weighted by Crippen LogP contribution is 2.14. The molecule has 0 fully saturated rings.